The lowest BCUT2D eigenvalue weighted by Crippen LogP contribution is -2.08. The Morgan fingerprint density at radius 3 is 2.43 bits per heavy atom. The van der Waals surface area contributed by atoms with E-state index in [2.05, 4.69) is 4.74 Å². The summed E-state index contributed by atoms with van der Waals surface area (Å²) in [7, 11) is 1.47. The summed E-state index contributed by atoms with van der Waals surface area (Å²) in [6, 6.07) is 0. The molecule has 1 aliphatic rings. The van der Waals surface area contributed by atoms with Gasteiger partial charge in [-0.05, 0) is 12.8 Å². The molecule has 2 nitrogen and oxygen atoms in total. The molecule has 1 unspecified atom stereocenters. The molecule has 1 saturated carbocycles. The molecule has 0 aliphatic heterocycles. The van der Waals surface area contributed by atoms with Gasteiger partial charge in [-0.2, -0.15) is 0 Å². The van der Waals surface area contributed by atoms with Crippen molar-refractivity contribution in [3.63, 3.8) is 0 Å². The van der Waals surface area contributed by atoms with Crippen molar-refractivity contribution in [3.8, 4) is 0 Å². The standard InChI is InChI=1S/C5H9O2/c1-7-5(6)4-2-3-4/h4-5H,2-3H2,1H3. The molecule has 2 heteroatoms. The maximum Gasteiger partial charge on any atom is 0.193 e. The molecule has 7 heavy (non-hydrogen) atoms. The average molecular weight is 101 g/mol. The zero-order valence-corrected chi connectivity index (χ0v) is 4.39. The monoisotopic (exact) mass is 101 g/mol. The summed E-state index contributed by atoms with van der Waals surface area (Å²) >= 11 is 0. The summed E-state index contributed by atoms with van der Waals surface area (Å²) < 4.78 is 4.52. The van der Waals surface area contributed by atoms with Crippen molar-refractivity contribution in [3.05, 3.63) is 0 Å². The van der Waals surface area contributed by atoms with E-state index in [1.165, 1.54) is 7.11 Å². The molecule has 0 spiro atoms. The first-order valence-corrected chi connectivity index (χ1v) is 2.53. The Labute approximate surface area is 43.1 Å². The Bertz CT molecular complexity index is 59.1. The van der Waals surface area contributed by atoms with Crippen LogP contribution >= 0.6 is 0 Å². The van der Waals surface area contributed by atoms with Gasteiger partial charge in [0.2, 0.25) is 0 Å². The Hall–Kier alpha value is -0.0800. The van der Waals surface area contributed by atoms with E-state index in [-0.39, 0.29) is 0 Å². The van der Waals surface area contributed by atoms with Crippen LogP contribution in [0, 0.1) is 5.92 Å². The highest BCUT2D eigenvalue weighted by molar-refractivity contribution is 4.74. The third kappa shape index (κ3) is 1.14. The molecular weight excluding hydrogens is 92.1 g/mol. The van der Waals surface area contributed by atoms with Gasteiger partial charge in [-0.1, -0.05) is 0 Å². The van der Waals surface area contributed by atoms with Gasteiger partial charge in [0.05, 0.1) is 0 Å². The summed E-state index contributed by atoms with van der Waals surface area (Å²) in [4.78, 5) is 0. The quantitative estimate of drug-likeness (QED) is 0.473. The topological polar surface area (TPSA) is 29.1 Å². The lowest BCUT2D eigenvalue weighted by Gasteiger charge is -1.99. The Morgan fingerprint density at radius 1 is 1.71 bits per heavy atom. The minimum Gasteiger partial charge on any atom is -0.353 e. The summed E-state index contributed by atoms with van der Waals surface area (Å²) in [5, 5.41) is 10.4. The highest BCUT2D eigenvalue weighted by Gasteiger charge is 2.30. The molecule has 0 aromatic rings. The van der Waals surface area contributed by atoms with E-state index in [0.717, 1.165) is 12.8 Å². The van der Waals surface area contributed by atoms with Crippen LogP contribution in [0.4, 0.5) is 0 Å². The third-order valence-electron chi connectivity index (χ3n) is 1.24. The zero-order chi connectivity index (χ0) is 5.28. The highest BCUT2D eigenvalue weighted by atomic mass is 16.6. The SMILES string of the molecule is COC([O])C1CC1. The van der Waals surface area contributed by atoms with Crippen LogP contribution in [0.5, 0.6) is 0 Å². The van der Waals surface area contributed by atoms with Gasteiger partial charge in [-0.15, -0.1) is 0 Å². The van der Waals surface area contributed by atoms with Crippen molar-refractivity contribution in [1.82, 2.24) is 0 Å². The molecule has 0 heterocycles. The van der Waals surface area contributed by atoms with Crippen LogP contribution in [-0.2, 0) is 9.84 Å². The van der Waals surface area contributed by atoms with Crippen LogP contribution in [-0.4, -0.2) is 13.4 Å². The molecule has 1 rings (SSSR count). The zero-order valence-electron chi connectivity index (χ0n) is 4.39. The minimum absolute atomic E-state index is 0.338. The fraction of sp³-hybridized carbons (Fsp3) is 1.00. The normalized spacial score (nSPS) is 24.9. The van der Waals surface area contributed by atoms with Gasteiger partial charge in [0.1, 0.15) is 0 Å². The van der Waals surface area contributed by atoms with Gasteiger partial charge < -0.3 is 4.74 Å². The third-order valence-corrected chi connectivity index (χ3v) is 1.24. The van der Waals surface area contributed by atoms with E-state index in [0.29, 0.717) is 5.92 Å². The van der Waals surface area contributed by atoms with Crippen molar-refractivity contribution in [2.75, 3.05) is 7.11 Å². The van der Waals surface area contributed by atoms with Gasteiger partial charge in [-0.25, -0.2) is 5.11 Å². The first-order chi connectivity index (χ1) is 3.34. The number of hydrogen-bond acceptors (Lipinski definition) is 1. The van der Waals surface area contributed by atoms with E-state index in [4.69, 9.17) is 0 Å². The molecular formula is C5H9O2. The maximum absolute atomic E-state index is 10.4. The van der Waals surface area contributed by atoms with Crippen molar-refractivity contribution < 1.29 is 9.84 Å². The fourth-order valence-corrected chi connectivity index (χ4v) is 0.561. The Kier molecular flexibility index (Phi) is 1.30. The van der Waals surface area contributed by atoms with Crippen LogP contribution in [0.15, 0.2) is 0 Å². The lowest BCUT2D eigenvalue weighted by atomic mass is 10.4. The van der Waals surface area contributed by atoms with Crippen molar-refractivity contribution in [2.24, 2.45) is 5.92 Å². The molecule has 41 valence electrons. The minimum atomic E-state index is -0.736. The Morgan fingerprint density at radius 2 is 2.29 bits per heavy atom. The second kappa shape index (κ2) is 1.80. The number of ether oxygens (including phenoxy) is 1. The highest BCUT2D eigenvalue weighted by Crippen LogP contribution is 2.32. The summed E-state index contributed by atoms with van der Waals surface area (Å²) in [6.07, 6.45) is 1.41. The molecule has 0 saturated heterocycles. The molecule has 0 aromatic carbocycles. The number of methoxy groups -OCH3 is 1. The summed E-state index contributed by atoms with van der Waals surface area (Å²) in [5.74, 6) is 0.338. The van der Waals surface area contributed by atoms with Gasteiger partial charge in [-0.3, -0.25) is 0 Å². The predicted molar refractivity (Wildman–Crippen MR) is 24.2 cm³/mol. The van der Waals surface area contributed by atoms with E-state index >= 15 is 0 Å². The smallest absolute Gasteiger partial charge is 0.193 e. The van der Waals surface area contributed by atoms with Gasteiger partial charge in [0, 0.05) is 13.0 Å². The molecule has 1 radical (unpaired) electrons. The second-order valence-electron chi connectivity index (χ2n) is 1.94. The van der Waals surface area contributed by atoms with Crippen LogP contribution in [0.25, 0.3) is 0 Å². The van der Waals surface area contributed by atoms with Crippen LogP contribution in [0.3, 0.4) is 0 Å². The van der Waals surface area contributed by atoms with Gasteiger partial charge >= 0.3 is 0 Å². The molecule has 1 aliphatic carbocycles. The maximum atomic E-state index is 10.4. The number of hydrogen-bond donors (Lipinski definition) is 0. The Balaban J connectivity index is 2.10. The van der Waals surface area contributed by atoms with Crippen molar-refractivity contribution in [2.45, 2.75) is 19.1 Å². The summed E-state index contributed by atoms with van der Waals surface area (Å²) in [5.41, 5.74) is 0. The van der Waals surface area contributed by atoms with E-state index < -0.39 is 6.29 Å². The van der Waals surface area contributed by atoms with Gasteiger partial charge in [0.15, 0.2) is 6.29 Å². The first-order valence-electron chi connectivity index (χ1n) is 2.53. The predicted octanol–water partition coefficient (Wildman–Crippen LogP) is 0.799. The fourth-order valence-electron chi connectivity index (χ4n) is 0.561. The van der Waals surface area contributed by atoms with Gasteiger partial charge in [0.25, 0.3) is 0 Å². The molecule has 0 amide bonds. The lowest BCUT2D eigenvalue weighted by molar-refractivity contribution is -0.132. The molecule has 0 aromatic heterocycles. The summed E-state index contributed by atoms with van der Waals surface area (Å²) in [6.45, 7) is 0. The second-order valence-corrected chi connectivity index (χ2v) is 1.94. The van der Waals surface area contributed by atoms with Crippen LogP contribution < -0.4 is 0 Å². The molecule has 0 bridgehead atoms. The van der Waals surface area contributed by atoms with Crippen LogP contribution in [0.2, 0.25) is 0 Å². The van der Waals surface area contributed by atoms with E-state index in [9.17, 15) is 5.11 Å². The largest absolute Gasteiger partial charge is 0.353 e. The average Bonchev–Trinajstić information content (AvgIpc) is 2.44. The number of rotatable bonds is 2. The van der Waals surface area contributed by atoms with Crippen molar-refractivity contribution >= 4 is 0 Å². The molecule has 1 atom stereocenters. The molecule has 0 N–H and O–H groups in total. The van der Waals surface area contributed by atoms with Crippen molar-refractivity contribution in [1.29, 1.82) is 0 Å². The van der Waals surface area contributed by atoms with E-state index in [1.807, 2.05) is 0 Å². The van der Waals surface area contributed by atoms with E-state index in [1.54, 1.807) is 0 Å². The molecule has 1 fully saturated rings. The first kappa shape index (κ1) is 5.06. The van der Waals surface area contributed by atoms with Crippen LogP contribution in [0.1, 0.15) is 12.8 Å².